The number of hydrogen-bond acceptors (Lipinski definition) is 8. The summed E-state index contributed by atoms with van der Waals surface area (Å²) in [5.41, 5.74) is 0. The average molecular weight is 648 g/mol. The Labute approximate surface area is 237 Å². The van der Waals surface area contributed by atoms with Crippen LogP contribution < -0.4 is 0 Å². The number of alkyl halides is 9. The molecule has 3 fully saturated rings. The maximum atomic E-state index is 10.6. The Morgan fingerprint density at radius 1 is 0.860 bits per heavy atom. The Hall–Kier alpha value is -3.17. The number of carboxylic acids is 3. The monoisotopic (exact) mass is 648 g/mol. The predicted octanol–water partition coefficient (Wildman–Crippen LogP) is 2.38. The van der Waals surface area contributed by atoms with Crippen molar-refractivity contribution in [2.45, 2.75) is 56.1 Å². The number of aliphatic carboxylic acids is 3. The molecule has 0 radical (unpaired) electrons. The number of morpholine rings is 1. The molecule has 0 bridgehead atoms. The average Bonchev–Trinajstić information content (AvgIpc) is 3.47. The first kappa shape index (κ1) is 37.9. The first-order valence-electron chi connectivity index (χ1n) is 12.2. The molecule has 3 atom stereocenters. The van der Waals surface area contributed by atoms with Crippen LogP contribution in [0.5, 0.6) is 0 Å². The molecule has 1 aromatic rings. The molecule has 12 nitrogen and oxygen atoms in total. The molecule has 3 saturated heterocycles. The van der Waals surface area contributed by atoms with Gasteiger partial charge in [0.15, 0.2) is 0 Å². The van der Waals surface area contributed by atoms with E-state index in [1.54, 1.807) is 0 Å². The van der Waals surface area contributed by atoms with Gasteiger partial charge in [-0.2, -0.15) is 39.5 Å². The van der Waals surface area contributed by atoms with E-state index in [2.05, 4.69) is 26.4 Å². The van der Waals surface area contributed by atoms with Crippen LogP contribution in [0.4, 0.5) is 39.5 Å². The summed E-state index contributed by atoms with van der Waals surface area (Å²) in [7, 11) is 2.08. The van der Waals surface area contributed by atoms with Crippen LogP contribution in [0.3, 0.4) is 0 Å². The highest BCUT2D eigenvalue weighted by molar-refractivity contribution is 5.73. The number of ether oxygens (including phenoxy) is 2. The lowest BCUT2D eigenvalue weighted by atomic mass is 10.00. The number of aromatic nitrogens is 2. The van der Waals surface area contributed by atoms with Crippen LogP contribution in [0.1, 0.15) is 18.7 Å². The van der Waals surface area contributed by atoms with Gasteiger partial charge in [0.25, 0.3) is 0 Å². The summed E-state index contributed by atoms with van der Waals surface area (Å²) >= 11 is 0. The van der Waals surface area contributed by atoms with E-state index < -0.39 is 36.4 Å². The van der Waals surface area contributed by atoms with Crippen LogP contribution in [-0.4, -0.2) is 129 Å². The Morgan fingerprint density at radius 2 is 1.33 bits per heavy atom. The smallest absolute Gasteiger partial charge is 0.475 e. The van der Waals surface area contributed by atoms with Crippen molar-refractivity contribution in [3.05, 3.63) is 18.2 Å². The predicted molar refractivity (Wildman–Crippen MR) is 124 cm³/mol. The Bertz CT molecular complexity index is 986. The second kappa shape index (κ2) is 16.1. The summed E-state index contributed by atoms with van der Waals surface area (Å²) in [6.45, 7) is 6.71. The minimum absolute atomic E-state index is 0.354. The quantitative estimate of drug-likeness (QED) is 0.414. The topological polar surface area (TPSA) is 155 Å². The number of carboxylic acid groups (broad SMARTS) is 3. The molecule has 4 heterocycles. The molecule has 0 aromatic carbocycles. The summed E-state index contributed by atoms with van der Waals surface area (Å²) in [5.74, 6) is -7.13. The first-order valence-corrected chi connectivity index (χ1v) is 12.2. The van der Waals surface area contributed by atoms with Crippen molar-refractivity contribution in [2.75, 3.05) is 39.5 Å². The van der Waals surface area contributed by atoms with Crippen LogP contribution in [0.15, 0.2) is 12.4 Å². The third-order valence-corrected chi connectivity index (χ3v) is 6.11. The molecule has 4 rings (SSSR count). The number of likely N-dealkylation sites (tertiary alicyclic amines) is 1. The Kier molecular flexibility index (Phi) is 14.1. The Morgan fingerprint density at radius 3 is 1.72 bits per heavy atom. The van der Waals surface area contributed by atoms with Gasteiger partial charge < -0.3 is 29.4 Å². The van der Waals surface area contributed by atoms with Gasteiger partial charge in [0.05, 0.1) is 31.9 Å². The lowest BCUT2D eigenvalue weighted by molar-refractivity contribution is -0.193. The fourth-order valence-corrected chi connectivity index (χ4v) is 4.17. The van der Waals surface area contributed by atoms with E-state index in [-0.39, 0.29) is 0 Å². The lowest BCUT2D eigenvalue weighted by Gasteiger charge is -2.37. The molecule has 43 heavy (non-hydrogen) atoms. The standard InChI is InChI=1S/C16H26N4O2.3C2HF3O2/c1-18-5-4-17-15(18)12-20-11-14(19-6-9-21-10-7-19)16-13(20)3-2-8-22-16;3*3-2(4,5)1(6)7/h4-5,13-14,16H,2-3,6-12H2,1H3;3*(H,6,7)/t13-,14-,16+;;;/m0.../s1. The lowest BCUT2D eigenvalue weighted by Crippen LogP contribution is -2.51. The molecular weight excluding hydrogens is 619 g/mol. The number of carbonyl (C=O) groups is 3. The third-order valence-electron chi connectivity index (χ3n) is 6.11. The highest BCUT2D eigenvalue weighted by Crippen LogP contribution is 2.33. The van der Waals surface area contributed by atoms with Crippen molar-refractivity contribution in [3.63, 3.8) is 0 Å². The highest BCUT2D eigenvalue weighted by atomic mass is 19.4. The number of nitrogens with zero attached hydrogens (tertiary/aromatic N) is 4. The third kappa shape index (κ3) is 12.9. The largest absolute Gasteiger partial charge is 0.490 e. The van der Waals surface area contributed by atoms with E-state index in [1.165, 1.54) is 12.8 Å². The number of halogens is 9. The van der Waals surface area contributed by atoms with Gasteiger partial charge in [0.1, 0.15) is 5.82 Å². The zero-order valence-corrected chi connectivity index (χ0v) is 22.3. The van der Waals surface area contributed by atoms with Gasteiger partial charge in [-0.05, 0) is 12.8 Å². The van der Waals surface area contributed by atoms with E-state index >= 15 is 0 Å². The number of fused-ring (bicyclic) bond motifs is 1. The van der Waals surface area contributed by atoms with E-state index in [4.69, 9.17) is 39.2 Å². The summed E-state index contributed by atoms with van der Waals surface area (Å²) < 4.78 is 109. The van der Waals surface area contributed by atoms with Gasteiger partial charge in [-0.15, -0.1) is 0 Å². The number of aryl methyl sites for hydroxylation is 1. The molecule has 0 amide bonds. The van der Waals surface area contributed by atoms with E-state index in [0.29, 0.717) is 18.2 Å². The van der Waals surface area contributed by atoms with Crippen molar-refractivity contribution >= 4 is 17.9 Å². The zero-order chi connectivity index (χ0) is 33.2. The molecule has 0 aliphatic carbocycles. The number of hydrogen-bond donors (Lipinski definition) is 3. The van der Waals surface area contributed by atoms with Crippen molar-refractivity contribution in [3.8, 4) is 0 Å². The molecule has 0 spiro atoms. The van der Waals surface area contributed by atoms with Crippen LogP contribution in [0, 0.1) is 0 Å². The van der Waals surface area contributed by atoms with Crippen molar-refractivity contribution < 1.29 is 78.7 Å². The minimum atomic E-state index is -5.08. The van der Waals surface area contributed by atoms with Crippen molar-refractivity contribution in [1.82, 2.24) is 19.4 Å². The van der Waals surface area contributed by atoms with Crippen molar-refractivity contribution in [1.29, 1.82) is 0 Å². The second-order valence-electron chi connectivity index (χ2n) is 9.05. The van der Waals surface area contributed by atoms with E-state index in [9.17, 15) is 39.5 Å². The summed E-state index contributed by atoms with van der Waals surface area (Å²) in [4.78, 5) is 36.4. The maximum absolute atomic E-state index is 10.6. The fourth-order valence-electron chi connectivity index (χ4n) is 4.17. The molecule has 0 saturated carbocycles. The zero-order valence-electron chi connectivity index (χ0n) is 22.3. The molecule has 3 aliphatic rings. The molecule has 1 aromatic heterocycles. The Balaban J connectivity index is 0.000000363. The minimum Gasteiger partial charge on any atom is -0.475 e. The summed E-state index contributed by atoms with van der Waals surface area (Å²) in [5, 5.41) is 21.4. The van der Waals surface area contributed by atoms with Crippen LogP contribution in [-0.2, 0) is 37.4 Å². The second-order valence-corrected chi connectivity index (χ2v) is 9.05. The SMILES string of the molecule is Cn1ccnc1CN1C[C@H](N2CCOCC2)[C@@H]2OCCC[C@@H]21.O=C(O)C(F)(F)F.O=C(O)C(F)(F)F.O=C(O)C(F)(F)F. The fraction of sp³-hybridized carbons (Fsp3) is 0.727. The normalized spacial score (nSPS) is 22.9. The highest BCUT2D eigenvalue weighted by Gasteiger charge is 2.46. The van der Waals surface area contributed by atoms with Gasteiger partial charge >= 0.3 is 36.4 Å². The van der Waals surface area contributed by atoms with E-state index in [1.807, 2.05) is 12.4 Å². The summed E-state index contributed by atoms with van der Waals surface area (Å²) in [6.07, 6.45) is -8.56. The molecule has 0 unspecified atom stereocenters. The van der Waals surface area contributed by atoms with Crippen LogP contribution in [0.25, 0.3) is 0 Å². The molecular formula is C22H29F9N4O8. The van der Waals surface area contributed by atoms with Gasteiger partial charge in [0.2, 0.25) is 0 Å². The van der Waals surface area contributed by atoms with Gasteiger partial charge in [-0.1, -0.05) is 0 Å². The maximum Gasteiger partial charge on any atom is 0.490 e. The molecule has 3 N–H and O–H groups in total. The van der Waals surface area contributed by atoms with Crippen molar-refractivity contribution in [2.24, 2.45) is 7.05 Å². The van der Waals surface area contributed by atoms with Gasteiger partial charge in [-0.3, -0.25) is 9.80 Å². The van der Waals surface area contributed by atoms with Gasteiger partial charge in [-0.25, -0.2) is 19.4 Å². The number of imidazole rings is 1. The van der Waals surface area contributed by atoms with Gasteiger partial charge in [0, 0.05) is 51.7 Å². The molecule has 21 heteroatoms. The molecule has 3 aliphatic heterocycles. The van der Waals surface area contributed by atoms with Crippen LogP contribution >= 0.6 is 0 Å². The number of rotatable bonds is 3. The summed E-state index contributed by atoms with van der Waals surface area (Å²) in [6, 6.07) is 1.05. The van der Waals surface area contributed by atoms with Crippen LogP contribution in [0.2, 0.25) is 0 Å². The first-order chi connectivity index (χ1) is 19.7. The molecule has 248 valence electrons. The van der Waals surface area contributed by atoms with E-state index in [0.717, 1.165) is 51.8 Å².